The molecule has 0 bridgehead atoms. The van der Waals surface area contributed by atoms with Gasteiger partial charge < -0.3 is 23.9 Å². The molecular formula is C24H22BrN3O7. The molecule has 1 aromatic heterocycles. The zero-order valence-electron chi connectivity index (χ0n) is 18.9. The molecule has 3 rings (SSSR count). The van der Waals surface area contributed by atoms with Gasteiger partial charge in [0.2, 0.25) is 5.76 Å². The molecule has 3 aromatic rings. The number of methoxy groups -OCH3 is 1. The lowest BCUT2D eigenvalue weighted by atomic mass is 10.2. The average Bonchev–Trinajstić information content (AvgIpc) is 3.33. The standard InChI is InChI=1S/C24H22BrN3O7/c1-3-33-21-12-15(4-10-19(21)34-14-18-9-11-20(35-18)24(31)32-2)13-26-28-23(30)22(29)27-17-7-5-16(25)6-8-17/h4-13H,3,14H2,1-2H3,(H,27,29)(H,28,30). The van der Waals surface area contributed by atoms with Crippen LogP contribution in [0.3, 0.4) is 0 Å². The van der Waals surface area contributed by atoms with E-state index in [9.17, 15) is 14.4 Å². The van der Waals surface area contributed by atoms with Gasteiger partial charge in [-0.2, -0.15) is 5.10 Å². The molecule has 0 saturated heterocycles. The Hall–Kier alpha value is -4.12. The summed E-state index contributed by atoms with van der Waals surface area (Å²) in [5.74, 6) is -0.950. The van der Waals surface area contributed by atoms with Gasteiger partial charge in [0.25, 0.3) is 0 Å². The van der Waals surface area contributed by atoms with Crippen molar-refractivity contribution in [3.63, 3.8) is 0 Å². The third kappa shape index (κ3) is 7.44. The third-order valence-corrected chi connectivity index (χ3v) is 4.90. The van der Waals surface area contributed by atoms with Crippen LogP contribution in [-0.4, -0.2) is 37.7 Å². The Morgan fingerprint density at radius 3 is 2.49 bits per heavy atom. The maximum Gasteiger partial charge on any atom is 0.373 e. The minimum atomic E-state index is -0.918. The first-order chi connectivity index (χ1) is 16.9. The van der Waals surface area contributed by atoms with Crippen LogP contribution in [0.2, 0.25) is 0 Å². The third-order valence-electron chi connectivity index (χ3n) is 4.37. The zero-order chi connectivity index (χ0) is 25.2. The van der Waals surface area contributed by atoms with Crippen LogP contribution in [0.1, 0.15) is 28.8 Å². The van der Waals surface area contributed by atoms with E-state index in [0.717, 1.165) is 4.47 Å². The summed E-state index contributed by atoms with van der Waals surface area (Å²) in [5, 5.41) is 6.30. The van der Waals surface area contributed by atoms with Crippen LogP contribution in [0, 0.1) is 0 Å². The summed E-state index contributed by atoms with van der Waals surface area (Å²) >= 11 is 3.30. The molecule has 182 valence electrons. The number of halogens is 1. The van der Waals surface area contributed by atoms with E-state index in [1.54, 1.807) is 48.5 Å². The summed E-state index contributed by atoms with van der Waals surface area (Å²) in [6.45, 7) is 2.27. The molecule has 0 aliphatic heterocycles. The Labute approximate surface area is 209 Å². The Bertz CT molecular complexity index is 1220. The van der Waals surface area contributed by atoms with Crippen LogP contribution in [0.4, 0.5) is 5.69 Å². The van der Waals surface area contributed by atoms with E-state index in [1.165, 1.54) is 19.4 Å². The highest BCUT2D eigenvalue weighted by molar-refractivity contribution is 9.10. The molecule has 0 aliphatic carbocycles. The molecule has 2 amide bonds. The van der Waals surface area contributed by atoms with Gasteiger partial charge >= 0.3 is 17.8 Å². The number of furan rings is 1. The molecule has 2 aromatic carbocycles. The van der Waals surface area contributed by atoms with E-state index < -0.39 is 17.8 Å². The van der Waals surface area contributed by atoms with E-state index in [4.69, 9.17) is 13.9 Å². The minimum Gasteiger partial charge on any atom is -0.490 e. The lowest BCUT2D eigenvalue weighted by Crippen LogP contribution is -2.32. The topological polar surface area (TPSA) is 128 Å². The van der Waals surface area contributed by atoms with Crippen LogP contribution in [-0.2, 0) is 20.9 Å². The highest BCUT2D eigenvalue weighted by atomic mass is 79.9. The van der Waals surface area contributed by atoms with E-state index in [2.05, 4.69) is 36.5 Å². The molecule has 0 unspecified atom stereocenters. The number of anilines is 1. The predicted molar refractivity (Wildman–Crippen MR) is 130 cm³/mol. The lowest BCUT2D eigenvalue weighted by molar-refractivity contribution is -0.136. The molecule has 10 nitrogen and oxygen atoms in total. The lowest BCUT2D eigenvalue weighted by Gasteiger charge is -2.11. The molecule has 0 aliphatic rings. The van der Waals surface area contributed by atoms with Gasteiger partial charge in [0.15, 0.2) is 11.5 Å². The second kappa shape index (κ2) is 12.4. The summed E-state index contributed by atoms with van der Waals surface area (Å²) in [6, 6.07) is 14.9. The van der Waals surface area contributed by atoms with Crippen molar-refractivity contribution in [2.24, 2.45) is 5.10 Å². The molecule has 0 fully saturated rings. The van der Waals surface area contributed by atoms with E-state index in [1.807, 2.05) is 6.92 Å². The van der Waals surface area contributed by atoms with Crippen molar-refractivity contribution in [1.82, 2.24) is 5.43 Å². The smallest absolute Gasteiger partial charge is 0.373 e. The van der Waals surface area contributed by atoms with E-state index in [-0.39, 0.29) is 12.4 Å². The monoisotopic (exact) mass is 543 g/mol. The highest BCUT2D eigenvalue weighted by Crippen LogP contribution is 2.29. The zero-order valence-corrected chi connectivity index (χ0v) is 20.5. The number of nitrogens with one attached hydrogen (secondary N) is 2. The Morgan fingerprint density at radius 1 is 1.00 bits per heavy atom. The van der Waals surface area contributed by atoms with Crippen LogP contribution >= 0.6 is 15.9 Å². The van der Waals surface area contributed by atoms with E-state index >= 15 is 0 Å². The first kappa shape index (κ1) is 25.5. The van der Waals surface area contributed by atoms with E-state index in [0.29, 0.717) is 35.1 Å². The second-order valence-electron chi connectivity index (χ2n) is 6.85. The first-order valence-corrected chi connectivity index (χ1v) is 11.2. The Morgan fingerprint density at radius 2 is 1.77 bits per heavy atom. The first-order valence-electron chi connectivity index (χ1n) is 10.4. The molecule has 2 N–H and O–H groups in total. The molecule has 1 heterocycles. The summed E-state index contributed by atoms with van der Waals surface area (Å²) < 4.78 is 22.2. The maximum absolute atomic E-state index is 12.0. The van der Waals surface area contributed by atoms with Crippen LogP contribution < -0.4 is 20.2 Å². The van der Waals surface area contributed by atoms with Gasteiger partial charge in [-0.3, -0.25) is 9.59 Å². The number of hydrazone groups is 1. The average molecular weight is 544 g/mol. The van der Waals surface area contributed by atoms with Gasteiger partial charge in [-0.25, -0.2) is 10.2 Å². The molecule has 11 heteroatoms. The predicted octanol–water partition coefficient (Wildman–Crippen LogP) is 3.90. The van der Waals surface area contributed by atoms with Crippen molar-refractivity contribution in [1.29, 1.82) is 0 Å². The van der Waals surface area contributed by atoms with Gasteiger partial charge in [-0.1, -0.05) is 15.9 Å². The summed E-state index contributed by atoms with van der Waals surface area (Å²) in [4.78, 5) is 35.5. The van der Waals surface area contributed by atoms with Gasteiger partial charge in [0.05, 0.1) is 19.9 Å². The SMILES string of the molecule is CCOc1cc(C=NNC(=O)C(=O)Nc2ccc(Br)cc2)ccc1OCc1ccc(C(=O)OC)o1. The molecular weight excluding hydrogens is 522 g/mol. The fourth-order valence-electron chi connectivity index (χ4n) is 2.74. The number of rotatable bonds is 9. The second-order valence-corrected chi connectivity index (χ2v) is 7.76. The van der Waals surface area contributed by atoms with Crippen molar-refractivity contribution >= 4 is 45.6 Å². The van der Waals surface area contributed by atoms with Gasteiger partial charge in [0.1, 0.15) is 12.4 Å². The van der Waals surface area contributed by atoms with Crippen LogP contribution in [0.15, 0.2) is 68.6 Å². The number of benzene rings is 2. The molecule has 0 saturated carbocycles. The van der Waals surface area contributed by atoms with Crippen molar-refractivity contribution < 1.29 is 33.0 Å². The van der Waals surface area contributed by atoms with Crippen LogP contribution in [0.25, 0.3) is 0 Å². The summed E-state index contributed by atoms with van der Waals surface area (Å²) in [5.41, 5.74) is 3.25. The van der Waals surface area contributed by atoms with Crippen LogP contribution in [0.5, 0.6) is 11.5 Å². The quantitative estimate of drug-likeness (QED) is 0.181. The van der Waals surface area contributed by atoms with Crippen molar-refractivity contribution in [3.05, 3.63) is 76.2 Å². The molecule has 0 spiro atoms. The minimum absolute atomic E-state index is 0.0635. The van der Waals surface area contributed by atoms with Crippen molar-refractivity contribution in [2.75, 3.05) is 19.0 Å². The highest BCUT2D eigenvalue weighted by Gasteiger charge is 2.14. The Balaban J connectivity index is 1.58. The summed E-state index contributed by atoms with van der Waals surface area (Å²) in [6.07, 6.45) is 1.37. The number of carbonyl (C=O) groups excluding carboxylic acids is 3. The number of hydrogen-bond acceptors (Lipinski definition) is 8. The fraction of sp³-hybridized carbons (Fsp3) is 0.167. The Kier molecular flexibility index (Phi) is 9.02. The number of carbonyl (C=O) groups is 3. The maximum atomic E-state index is 12.0. The number of hydrogen-bond donors (Lipinski definition) is 2. The number of ether oxygens (including phenoxy) is 3. The molecule has 0 radical (unpaired) electrons. The van der Waals surface area contributed by atoms with Gasteiger partial charge in [0, 0.05) is 10.2 Å². The number of esters is 1. The number of amides is 2. The molecule has 35 heavy (non-hydrogen) atoms. The van der Waals surface area contributed by atoms with Gasteiger partial charge in [-0.05, 0) is 67.1 Å². The fourth-order valence-corrected chi connectivity index (χ4v) is 3.01. The van der Waals surface area contributed by atoms with Crippen molar-refractivity contribution in [3.8, 4) is 11.5 Å². The van der Waals surface area contributed by atoms with Gasteiger partial charge in [-0.15, -0.1) is 0 Å². The summed E-state index contributed by atoms with van der Waals surface area (Å²) in [7, 11) is 1.27. The largest absolute Gasteiger partial charge is 0.490 e. The number of nitrogens with zero attached hydrogens (tertiary/aromatic N) is 1. The van der Waals surface area contributed by atoms with Crippen molar-refractivity contribution in [2.45, 2.75) is 13.5 Å². The molecule has 0 atom stereocenters. The normalized spacial score (nSPS) is 10.6.